The van der Waals surface area contributed by atoms with Crippen LogP contribution in [0.2, 0.25) is 5.02 Å². The van der Waals surface area contributed by atoms with Gasteiger partial charge >= 0.3 is 17.3 Å². The Balaban J connectivity index is 1.60. The van der Waals surface area contributed by atoms with Crippen LogP contribution in [0.15, 0.2) is 76.3 Å². The van der Waals surface area contributed by atoms with E-state index in [-0.39, 0.29) is 19.0 Å². The maximum Gasteiger partial charge on any atom is 0.354 e. The van der Waals surface area contributed by atoms with Gasteiger partial charge in [-0.25, -0.2) is 19.0 Å². The molecule has 3 aromatic carbocycles. The number of carbonyl (C=O) groups is 1. The molecule has 0 fully saturated rings. The van der Waals surface area contributed by atoms with E-state index in [1.165, 1.54) is 11.7 Å². The summed E-state index contributed by atoms with van der Waals surface area (Å²) in [5.41, 5.74) is 1.58. The van der Waals surface area contributed by atoms with E-state index in [1.807, 2.05) is 25.1 Å². The monoisotopic (exact) mass is 520 g/mol. The van der Waals surface area contributed by atoms with Crippen molar-refractivity contribution in [3.63, 3.8) is 0 Å². The number of ether oxygens (including phenoxy) is 2. The lowest BCUT2D eigenvalue weighted by Gasteiger charge is -2.16. The second-order valence-corrected chi connectivity index (χ2v) is 8.62. The second kappa shape index (κ2) is 11.1. The zero-order valence-corrected chi connectivity index (χ0v) is 21.3. The number of rotatable bonds is 8. The zero-order valence-electron chi connectivity index (χ0n) is 20.5. The highest BCUT2D eigenvalue weighted by molar-refractivity contribution is 6.30. The van der Waals surface area contributed by atoms with Crippen molar-refractivity contribution in [1.82, 2.24) is 14.1 Å². The fraction of sp³-hybridized carbons (Fsp3) is 0.185. The third-order valence-corrected chi connectivity index (χ3v) is 5.91. The molecule has 10 heteroatoms. The summed E-state index contributed by atoms with van der Waals surface area (Å²) < 4.78 is 13.2. The molecular formula is C27H25ClN4O5. The van der Waals surface area contributed by atoms with E-state index in [9.17, 15) is 14.4 Å². The van der Waals surface area contributed by atoms with Crippen molar-refractivity contribution in [1.29, 1.82) is 0 Å². The van der Waals surface area contributed by atoms with Crippen molar-refractivity contribution in [2.45, 2.75) is 26.9 Å². The van der Waals surface area contributed by atoms with E-state index >= 15 is 0 Å². The molecule has 190 valence electrons. The highest BCUT2D eigenvalue weighted by Gasteiger charge is 2.14. The number of nitrogens with one attached hydrogen (secondary N) is 1. The van der Waals surface area contributed by atoms with Crippen LogP contribution in [-0.2, 0) is 17.8 Å². The molecule has 0 aliphatic heterocycles. The Morgan fingerprint density at radius 2 is 1.70 bits per heavy atom. The lowest BCUT2D eigenvalue weighted by molar-refractivity contribution is 0.0600. The fourth-order valence-electron chi connectivity index (χ4n) is 3.68. The first-order valence-corrected chi connectivity index (χ1v) is 11.9. The number of benzene rings is 3. The van der Waals surface area contributed by atoms with Gasteiger partial charge in [0.15, 0.2) is 0 Å². The quantitative estimate of drug-likeness (QED) is 0.334. The summed E-state index contributed by atoms with van der Waals surface area (Å²) in [6.07, 6.45) is 0. The molecule has 0 bridgehead atoms. The first kappa shape index (κ1) is 25.7. The van der Waals surface area contributed by atoms with Gasteiger partial charge in [-0.1, -0.05) is 23.7 Å². The summed E-state index contributed by atoms with van der Waals surface area (Å²) in [4.78, 5) is 41.3. The van der Waals surface area contributed by atoms with Crippen LogP contribution in [0.25, 0.3) is 0 Å². The van der Waals surface area contributed by atoms with E-state index in [0.717, 1.165) is 15.7 Å². The number of aromatic nitrogens is 3. The summed E-state index contributed by atoms with van der Waals surface area (Å²) in [5, 5.41) is 3.69. The second-order valence-electron chi connectivity index (χ2n) is 8.18. The number of hydrogen-bond acceptors (Lipinski definition) is 7. The summed E-state index contributed by atoms with van der Waals surface area (Å²) >= 11 is 5.99. The van der Waals surface area contributed by atoms with Crippen molar-refractivity contribution in [2.75, 3.05) is 12.4 Å². The van der Waals surface area contributed by atoms with Crippen LogP contribution < -0.4 is 21.4 Å². The molecule has 0 spiro atoms. The van der Waals surface area contributed by atoms with Crippen LogP contribution in [0, 0.1) is 6.92 Å². The Morgan fingerprint density at radius 1 is 1.00 bits per heavy atom. The number of carbonyl (C=O) groups excluding carboxylic acids is 1. The molecule has 1 heterocycles. The summed E-state index contributed by atoms with van der Waals surface area (Å²) in [5.74, 6) is 0.858. The zero-order chi connectivity index (χ0) is 26.5. The standard InChI is InChI=1S/C27H25ClN4O5/c1-4-31-26(34)30-25(32(27(31)35)16-18-5-9-20(28)10-6-18)29-21-11-14-23(17(2)15-21)37-22-12-7-19(8-13-22)24(33)36-3/h5-15H,4,16H2,1-3H3,(H,29,30,34). The normalized spacial score (nSPS) is 10.7. The lowest BCUT2D eigenvalue weighted by Crippen LogP contribution is -2.42. The largest absolute Gasteiger partial charge is 0.465 e. The number of anilines is 2. The van der Waals surface area contributed by atoms with Gasteiger partial charge in [-0.15, -0.1) is 0 Å². The number of aryl methyl sites for hydroxylation is 1. The smallest absolute Gasteiger partial charge is 0.354 e. The predicted octanol–water partition coefficient (Wildman–Crippen LogP) is 4.76. The molecule has 0 saturated carbocycles. The third-order valence-electron chi connectivity index (χ3n) is 5.65. The number of esters is 1. The highest BCUT2D eigenvalue weighted by atomic mass is 35.5. The van der Waals surface area contributed by atoms with Gasteiger partial charge in [-0.3, -0.25) is 4.57 Å². The number of nitrogens with zero attached hydrogens (tertiary/aromatic N) is 3. The van der Waals surface area contributed by atoms with E-state index in [2.05, 4.69) is 10.3 Å². The molecule has 4 aromatic rings. The Bertz CT molecular complexity index is 1540. The molecule has 37 heavy (non-hydrogen) atoms. The summed E-state index contributed by atoms with van der Waals surface area (Å²) in [7, 11) is 1.33. The molecule has 0 amide bonds. The minimum absolute atomic E-state index is 0.126. The predicted molar refractivity (Wildman–Crippen MR) is 141 cm³/mol. The molecule has 1 N–H and O–H groups in total. The first-order chi connectivity index (χ1) is 17.8. The van der Waals surface area contributed by atoms with Crippen molar-refractivity contribution in [2.24, 2.45) is 0 Å². The number of methoxy groups -OCH3 is 1. The van der Waals surface area contributed by atoms with Gasteiger partial charge in [0, 0.05) is 17.3 Å². The maximum atomic E-state index is 13.1. The third kappa shape index (κ3) is 5.90. The Morgan fingerprint density at radius 3 is 2.32 bits per heavy atom. The minimum atomic E-state index is -0.630. The van der Waals surface area contributed by atoms with Gasteiger partial charge in [0.2, 0.25) is 5.95 Å². The topological polar surface area (TPSA) is 104 Å². The molecule has 0 radical (unpaired) electrons. The average molecular weight is 521 g/mol. The molecule has 4 rings (SSSR count). The highest BCUT2D eigenvalue weighted by Crippen LogP contribution is 2.28. The van der Waals surface area contributed by atoms with Crippen molar-refractivity contribution < 1.29 is 14.3 Å². The number of halogens is 1. The molecule has 1 aromatic heterocycles. The van der Waals surface area contributed by atoms with Crippen molar-refractivity contribution in [3.8, 4) is 11.5 Å². The summed E-state index contributed by atoms with van der Waals surface area (Å²) in [6.45, 7) is 3.99. The molecule has 0 aliphatic rings. The van der Waals surface area contributed by atoms with Crippen LogP contribution >= 0.6 is 11.6 Å². The van der Waals surface area contributed by atoms with Crippen LogP contribution in [0.1, 0.15) is 28.4 Å². The molecule has 0 atom stereocenters. The van der Waals surface area contributed by atoms with Crippen LogP contribution in [0.4, 0.5) is 11.6 Å². The van der Waals surface area contributed by atoms with E-state index in [4.69, 9.17) is 21.1 Å². The average Bonchev–Trinajstić information content (AvgIpc) is 2.89. The maximum absolute atomic E-state index is 13.1. The number of hydrogen-bond donors (Lipinski definition) is 1. The van der Waals surface area contributed by atoms with Gasteiger partial charge in [-0.2, -0.15) is 4.98 Å². The van der Waals surface area contributed by atoms with Crippen molar-refractivity contribution in [3.05, 3.63) is 109 Å². The molecule has 0 unspecified atom stereocenters. The van der Waals surface area contributed by atoms with Crippen LogP contribution in [0.3, 0.4) is 0 Å². The summed E-state index contributed by atoms with van der Waals surface area (Å²) in [6, 6.07) is 19.1. The van der Waals surface area contributed by atoms with Gasteiger partial charge < -0.3 is 14.8 Å². The molecule has 0 saturated heterocycles. The Kier molecular flexibility index (Phi) is 7.74. The Labute approximate surface area is 217 Å². The van der Waals surface area contributed by atoms with Crippen LogP contribution in [-0.4, -0.2) is 27.2 Å². The lowest BCUT2D eigenvalue weighted by atomic mass is 10.2. The van der Waals surface area contributed by atoms with E-state index in [0.29, 0.717) is 27.8 Å². The SMILES string of the molecule is CCn1c(=O)nc(Nc2ccc(Oc3ccc(C(=O)OC)cc3)c(C)c2)n(Cc2ccc(Cl)cc2)c1=O. The molecule has 0 aliphatic carbocycles. The van der Waals surface area contributed by atoms with Gasteiger partial charge in [0.25, 0.3) is 0 Å². The fourth-order valence-corrected chi connectivity index (χ4v) is 3.81. The van der Waals surface area contributed by atoms with E-state index in [1.54, 1.807) is 55.5 Å². The van der Waals surface area contributed by atoms with Gasteiger partial charge in [-0.05, 0) is 79.6 Å². The van der Waals surface area contributed by atoms with Gasteiger partial charge in [0.05, 0.1) is 19.2 Å². The van der Waals surface area contributed by atoms with E-state index < -0.39 is 17.3 Å². The van der Waals surface area contributed by atoms with Gasteiger partial charge in [0.1, 0.15) is 11.5 Å². The van der Waals surface area contributed by atoms with Crippen LogP contribution in [0.5, 0.6) is 11.5 Å². The molecular weight excluding hydrogens is 496 g/mol. The Hall–Kier alpha value is -4.37. The molecule has 9 nitrogen and oxygen atoms in total. The first-order valence-electron chi connectivity index (χ1n) is 11.5. The van der Waals surface area contributed by atoms with Crippen molar-refractivity contribution >= 4 is 29.2 Å². The minimum Gasteiger partial charge on any atom is -0.465 e.